The molecule has 4 atom stereocenters. The number of aromatic nitrogens is 3. The van der Waals surface area contributed by atoms with Crippen LogP contribution in [-0.4, -0.2) is 19.7 Å². The van der Waals surface area contributed by atoms with Crippen LogP contribution < -0.4 is 4.90 Å². The fraction of sp³-hybridized carbons (Fsp3) is 0.120. The van der Waals surface area contributed by atoms with Crippen LogP contribution in [0.4, 0.5) is 11.4 Å². The third-order valence-electron chi connectivity index (χ3n) is 19.1. The van der Waals surface area contributed by atoms with Gasteiger partial charge in [-0.05, 0) is 172 Å². The van der Waals surface area contributed by atoms with Crippen LogP contribution in [0.2, 0.25) is 0 Å². The van der Waals surface area contributed by atoms with Gasteiger partial charge in [0.25, 0.3) is 0 Å². The van der Waals surface area contributed by atoms with Gasteiger partial charge in [-0.3, -0.25) is 0 Å². The van der Waals surface area contributed by atoms with Crippen molar-refractivity contribution in [3.8, 4) is 22.5 Å². The Bertz CT molecular complexity index is 4770. The van der Waals surface area contributed by atoms with E-state index < -0.39 is 5.41 Å². The van der Waals surface area contributed by atoms with E-state index in [4.69, 9.17) is 0 Å². The zero-order valence-corrected chi connectivity index (χ0v) is 44.2. The second kappa shape index (κ2) is 15.9. The number of benzene rings is 9. The first-order valence-corrected chi connectivity index (χ1v) is 28.5. The van der Waals surface area contributed by atoms with Crippen LogP contribution in [0, 0.1) is 11.8 Å². The van der Waals surface area contributed by atoms with E-state index in [1.807, 2.05) is 0 Å². The van der Waals surface area contributed by atoms with E-state index in [9.17, 15) is 0 Å². The third-order valence-corrected chi connectivity index (χ3v) is 19.1. The summed E-state index contributed by atoms with van der Waals surface area (Å²) in [6.45, 7) is 4.74. The van der Waals surface area contributed by atoms with Crippen molar-refractivity contribution in [1.82, 2.24) is 13.7 Å². The van der Waals surface area contributed by atoms with Gasteiger partial charge < -0.3 is 18.6 Å². The van der Waals surface area contributed by atoms with Gasteiger partial charge in [-0.1, -0.05) is 166 Å². The standard InChI is InChI=1S/C75H54N4/c1-45-30-39-73-62(40-45)60-22-8-13-28-71(60)78(73)49-33-37-52-51-35-31-47(76-67-24-9-3-17-55(67)56-18-4-10-25-68(56)76)41-63(51)75(65(52)43-49)64-42-48(77-69-26-11-5-19-57(69)58-20-6-12-27-70(58)77)32-36-53(64)54-38-34-50(44-66(54)75)79-72-29-14-7-21-59(72)61-23-15-16-46(2)74(61)79/h3-30,32-34,36-39,41-46,74H,31,35,40H2,1-2H3. The molecule has 0 radical (unpaired) electrons. The van der Waals surface area contributed by atoms with E-state index in [-0.39, 0.29) is 6.04 Å². The Balaban J connectivity index is 0.965. The largest absolute Gasteiger partial charge is 0.333 e. The second-order valence-electron chi connectivity index (χ2n) is 23.2. The molecule has 3 aromatic heterocycles. The van der Waals surface area contributed by atoms with Crippen molar-refractivity contribution in [3.05, 3.63) is 275 Å². The smallest absolute Gasteiger partial charge is 0.0725 e. The molecule has 4 heteroatoms. The van der Waals surface area contributed by atoms with Crippen molar-refractivity contribution >= 4 is 88.8 Å². The Labute approximate surface area is 459 Å². The molecule has 0 bridgehead atoms. The molecule has 4 nitrogen and oxygen atoms in total. The van der Waals surface area contributed by atoms with Crippen LogP contribution in [0.3, 0.4) is 0 Å². The first kappa shape index (κ1) is 43.7. The van der Waals surface area contributed by atoms with Crippen LogP contribution in [0.25, 0.3) is 99.9 Å². The minimum atomic E-state index is -0.691. The highest BCUT2D eigenvalue weighted by Crippen LogP contribution is 2.66. The van der Waals surface area contributed by atoms with Crippen molar-refractivity contribution in [3.63, 3.8) is 0 Å². The van der Waals surface area contributed by atoms with Crippen molar-refractivity contribution in [2.45, 2.75) is 44.6 Å². The number of nitrogens with zero attached hydrogens (tertiary/aromatic N) is 4. The molecule has 6 aliphatic rings. The summed E-state index contributed by atoms with van der Waals surface area (Å²) in [6, 6.07) is 76.9. The highest BCUT2D eigenvalue weighted by atomic mass is 15.2. The zero-order chi connectivity index (χ0) is 51.8. The molecule has 0 N–H and O–H groups in total. The zero-order valence-electron chi connectivity index (χ0n) is 44.2. The molecular formula is C75H54N4. The molecule has 5 aliphatic carbocycles. The maximum absolute atomic E-state index is 2.67. The fourth-order valence-electron chi connectivity index (χ4n) is 16.0. The lowest BCUT2D eigenvalue weighted by Gasteiger charge is -2.36. The van der Waals surface area contributed by atoms with Crippen LogP contribution in [0.5, 0.6) is 0 Å². The van der Waals surface area contributed by atoms with Gasteiger partial charge in [0.15, 0.2) is 0 Å². The number of anilines is 2. The monoisotopic (exact) mass is 1010 g/mol. The summed E-state index contributed by atoms with van der Waals surface area (Å²) in [5.74, 6) is 0.798. The predicted molar refractivity (Wildman–Crippen MR) is 330 cm³/mol. The molecule has 1 aliphatic heterocycles. The van der Waals surface area contributed by atoms with Gasteiger partial charge >= 0.3 is 0 Å². The summed E-state index contributed by atoms with van der Waals surface area (Å²) in [5, 5.41) is 6.47. The van der Waals surface area contributed by atoms with Crippen molar-refractivity contribution in [2.24, 2.45) is 11.8 Å². The lowest BCUT2D eigenvalue weighted by molar-refractivity contribution is 0.636. The van der Waals surface area contributed by atoms with E-state index in [0.29, 0.717) is 11.8 Å². The van der Waals surface area contributed by atoms with Crippen LogP contribution in [0.1, 0.15) is 65.8 Å². The Morgan fingerprint density at radius 1 is 0.456 bits per heavy atom. The van der Waals surface area contributed by atoms with Crippen LogP contribution in [0.15, 0.2) is 236 Å². The molecule has 0 saturated heterocycles. The molecule has 0 saturated carbocycles. The highest BCUT2D eigenvalue weighted by molar-refractivity contribution is 6.12. The maximum Gasteiger partial charge on any atom is 0.0725 e. The second-order valence-corrected chi connectivity index (χ2v) is 23.2. The molecule has 9 aromatic carbocycles. The average Bonchev–Trinajstić information content (AvgIpc) is 4.14. The Morgan fingerprint density at radius 3 is 1.63 bits per heavy atom. The minimum absolute atomic E-state index is 0.180. The first-order chi connectivity index (χ1) is 39.0. The van der Waals surface area contributed by atoms with Crippen molar-refractivity contribution < 1.29 is 0 Å². The van der Waals surface area contributed by atoms with Crippen LogP contribution in [-0.2, 0) is 11.8 Å². The average molecular weight is 1010 g/mol. The lowest BCUT2D eigenvalue weighted by atomic mass is 9.68. The molecule has 374 valence electrons. The molecule has 0 fully saturated rings. The maximum atomic E-state index is 2.67. The molecule has 12 aromatic rings. The van der Waals surface area contributed by atoms with Gasteiger partial charge in [0.05, 0.1) is 39.0 Å². The summed E-state index contributed by atoms with van der Waals surface area (Å²) < 4.78 is 7.69. The van der Waals surface area contributed by atoms with Gasteiger partial charge in [-0.2, -0.15) is 0 Å². The van der Waals surface area contributed by atoms with E-state index in [0.717, 1.165) is 19.3 Å². The molecule has 4 unspecified atom stereocenters. The van der Waals surface area contributed by atoms with E-state index in [2.05, 4.69) is 269 Å². The Hall–Kier alpha value is -9.38. The van der Waals surface area contributed by atoms with E-state index in [1.54, 1.807) is 0 Å². The number of hydrogen-bond donors (Lipinski definition) is 0. The molecule has 4 heterocycles. The Morgan fingerprint density at radius 2 is 0.975 bits per heavy atom. The number of para-hydroxylation sites is 6. The van der Waals surface area contributed by atoms with E-state index >= 15 is 0 Å². The highest BCUT2D eigenvalue weighted by Gasteiger charge is 2.54. The normalized spacial score (nSPS) is 20.3. The van der Waals surface area contributed by atoms with E-state index in [1.165, 1.54) is 150 Å². The number of fused-ring (bicyclic) bond motifs is 21. The predicted octanol–water partition coefficient (Wildman–Crippen LogP) is 18.6. The lowest BCUT2D eigenvalue weighted by Crippen LogP contribution is -2.33. The summed E-state index contributed by atoms with van der Waals surface area (Å²) in [7, 11) is 0. The SMILES string of the molecule is CC1C=Cc2c(c3ccccc3n2-c2ccc3c(c2)C2(C4=C3CCC(n3c5ccccc5c5ccccc53)=C4)c3cc(N4c5ccccc5C5=CC=CC(C)C54)ccc3-c3ccc(-n4c5ccccc5c5ccccc54)cc32)C1. The van der Waals surface area contributed by atoms with Gasteiger partial charge in [0.2, 0.25) is 0 Å². The third kappa shape index (κ3) is 5.68. The fourth-order valence-corrected chi connectivity index (χ4v) is 16.0. The first-order valence-electron chi connectivity index (χ1n) is 28.5. The molecule has 79 heavy (non-hydrogen) atoms. The summed E-state index contributed by atoms with van der Waals surface area (Å²) >= 11 is 0. The van der Waals surface area contributed by atoms with Gasteiger partial charge in [-0.25, -0.2) is 0 Å². The van der Waals surface area contributed by atoms with Gasteiger partial charge in [-0.15, -0.1) is 0 Å². The number of hydrogen-bond acceptors (Lipinski definition) is 1. The Kier molecular flexibility index (Phi) is 8.78. The van der Waals surface area contributed by atoms with Gasteiger partial charge in [0.1, 0.15) is 0 Å². The molecule has 18 rings (SSSR count). The molecule has 0 amide bonds. The van der Waals surface area contributed by atoms with Crippen molar-refractivity contribution in [1.29, 1.82) is 0 Å². The molecular weight excluding hydrogens is 957 g/mol. The van der Waals surface area contributed by atoms with Crippen LogP contribution >= 0.6 is 0 Å². The number of rotatable bonds is 4. The van der Waals surface area contributed by atoms with Gasteiger partial charge in [0, 0.05) is 66.6 Å². The summed E-state index contributed by atoms with van der Waals surface area (Å²) in [4.78, 5) is 2.67. The summed E-state index contributed by atoms with van der Waals surface area (Å²) in [6.07, 6.45) is 17.4. The topological polar surface area (TPSA) is 18.0 Å². The minimum Gasteiger partial charge on any atom is -0.333 e. The summed E-state index contributed by atoms with van der Waals surface area (Å²) in [5.41, 5.74) is 28.1. The van der Waals surface area contributed by atoms with Crippen molar-refractivity contribution in [2.75, 3.05) is 4.90 Å². The molecule has 1 spiro atoms. The number of allylic oxidation sites excluding steroid dienone is 7. The quantitative estimate of drug-likeness (QED) is 0.172.